The average Bonchev–Trinajstić information content (AvgIpc) is 3.57. The molecule has 0 unspecified atom stereocenters. The number of esters is 1. The highest BCUT2D eigenvalue weighted by Crippen LogP contribution is 2.22. The molecule has 0 aliphatic heterocycles. The number of amides is 2. The molecule has 1 aliphatic carbocycles. The summed E-state index contributed by atoms with van der Waals surface area (Å²) in [5, 5.41) is 7.58. The fourth-order valence-electron chi connectivity index (χ4n) is 3.27. The van der Waals surface area contributed by atoms with Gasteiger partial charge in [-0.25, -0.2) is 0 Å². The summed E-state index contributed by atoms with van der Waals surface area (Å²) in [6.45, 7) is -0.415. The second-order valence-electron chi connectivity index (χ2n) is 7.32. The van der Waals surface area contributed by atoms with Gasteiger partial charge in [-0.15, -0.1) is 0 Å². The Labute approximate surface area is 174 Å². The van der Waals surface area contributed by atoms with Crippen molar-refractivity contribution in [3.05, 3.63) is 77.9 Å². The van der Waals surface area contributed by atoms with Crippen LogP contribution in [0.4, 0.5) is 5.69 Å². The number of nitrogens with one attached hydrogen (secondary N) is 2. The lowest BCUT2D eigenvalue weighted by molar-refractivity contribution is -0.146. The zero-order valence-corrected chi connectivity index (χ0v) is 16.4. The topological polar surface area (TPSA) is 84.5 Å². The van der Waals surface area contributed by atoms with Gasteiger partial charge in [-0.1, -0.05) is 54.6 Å². The van der Waals surface area contributed by atoms with E-state index in [1.54, 1.807) is 24.3 Å². The van der Waals surface area contributed by atoms with E-state index >= 15 is 0 Å². The summed E-state index contributed by atoms with van der Waals surface area (Å²) >= 11 is 0. The Morgan fingerprint density at radius 3 is 2.47 bits per heavy atom. The number of carbonyl (C=O) groups excluding carboxylic acids is 3. The number of para-hydroxylation sites is 1. The molecular formula is C24H22N2O4. The number of hydrogen-bond acceptors (Lipinski definition) is 4. The first-order valence-electron chi connectivity index (χ1n) is 9.92. The molecule has 3 aromatic carbocycles. The molecule has 0 bridgehead atoms. The van der Waals surface area contributed by atoms with E-state index in [0.717, 1.165) is 29.2 Å². The molecular weight excluding hydrogens is 380 g/mol. The Morgan fingerprint density at radius 2 is 1.63 bits per heavy atom. The van der Waals surface area contributed by atoms with Crippen molar-refractivity contribution in [1.82, 2.24) is 5.32 Å². The van der Waals surface area contributed by atoms with Crippen molar-refractivity contribution in [2.45, 2.75) is 25.3 Å². The van der Waals surface area contributed by atoms with Crippen LogP contribution in [0.15, 0.2) is 66.7 Å². The minimum atomic E-state index is -0.493. The highest BCUT2D eigenvalue weighted by atomic mass is 16.5. The largest absolute Gasteiger partial charge is 0.455 e. The van der Waals surface area contributed by atoms with Gasteiger partial charge in [0.1, 0.15) is 0 Å². The van der Waals surface area contributed by atoms with Crippen molar-refractivity contribution >= 4 is 34.2 Å². The van der Waals surface area contributed by atoms with Gasteiger partial charge < -0.3 is 15.4 Å². The molecule has 1 aliphatic rings. The summed E-state index contributed by atoms with van der Waals surface area (Å²) in [5.74, 6) is -1.20. The van der Waals surface area contributed by atoms with E-state index in [9.17, 15) is 14.4 Å². The first-order chi connectivity index (χ1) is 14.6. The van der Waals surface area contributed by atoms with E-state index < -0.39 is 18.5 Å². The summed E-state index contributed by atoms with van der Waals surface area (Å²) in [6.07, 6.45) is 2.04. The lowest BCUT2D eigenvalue weighted by Crippen LogP contribution is -2.28. The molecule has 3 aromatic rings. The maximum absolute atomic E-state index is 12.3. The van der Waals surface area contributed by atoms with Crippen LogP contribution < -0.4 is 10.6 Å². The molecule has 0 atom stereocenters. The first kappa shape index (κ1) is 19.6. The van der Waals surface area contributed by atoms with E-state index in [0.29, 0.717) is 11.3 Å². The first-order valence-corrected chi connectivity index (χ1v) is 9.92. The zero-order chi connectivity index (χ0) is 20.9. The van der Waals surface area contributed by atoms with Gasteiger partial charge in [-0.3, -0.25) is 14.4 Å². The molecule has 0 spiro atoms. The van der Waals surface area contributed by atoms with E-state index in [-0.39, 0.29) is 18.4 Å². The van der Waals surface area contributed by atoms with Crippen LogP contribution in [-0.4, -0.2) is 30.4 Å². The minimum absolute atomic E-state index is 0.0784. The predicted molar refractivity (Wildman–Crippen MR) is 114 cm³/mol. The van der Waals surface area contributed by atoms with E-state index in [1.165, 1.54) is 0 Å². The number of carbonyl (C=O) groups is 3. The smallest absolute Gasteiger partial charge is 0.310 e. The van der Waals surface area contributed by atoms with Crippen LogP contribution in [0.25, 0.3) is 10.8 Å². The lowest BCUT2D eigenvalue weighted by atomic mass is 10.0. The molecule has 0 radical (unpaired) electrons. The third-order valence-corrected chi connectivity index (χ3v) is 4.94. The molecule has 152 valence electrons. The summed E-state index contributed by atoms with van der Waals surface area (Å²) in [7, 11) is 0. The molecule has 6 nitrogen and oxygen atoms in total. The van der Waals surface area contributed by atoms with Gasteiger partial charge in [0.15, 0.2) is 6.61 Å². The van der Waals surface area contributed by atoms with Gasteiger partial charge in [0.25, 0.3) is 11.8 Å². The molecule has 1 fully saturated rings. The van der Waals surface area contributed by atoms with Crippen LogP contribution in [0, 0.1) is 0 Å². The monoisotopic (exact) mass is 402 g/mol. The highest BCUT2D eigenvalue weighted by molar-refractivity contribution is 6.04. The second-order valence-corrected chi connectivity index (χ2v) is 7.32. The van der Waals surface area contributed by atoms with E-state index in [4.69, 9.17) is 4.74 Å². The van der Waals surface area contributed by atoms with Gasteiger partial charge >= 0.3 is 5.97 Å². The van der Waals surface area contributed by atoms with Crippen molar-refractivity contribution in [3.63, 3.8) is 0 Å². The van der Waals surface area contributed by atoms with Crippen LogP contribution >= 0.6 is 0 Å². The maximum Gasteiger partial charge on any atom is 0.310 e. The highest BCUT2D eigenvalue weighted by Gasteiger charge is 2.25. The fraction of sp³-hybridized carbons (Fsp3) is 0.208. The van der Waals surface area contributed by atoms with Crippen molar-refractivity contribution < 1.29 is 19.1 Å². The molecule has 4 rings (SSSR count). The van der Waals surface area contributed by atoms with Gasteiger partial charge in [-0.05, 0) is 41.3 Å². The SMILES string of the molecule is O=C(COC(=O)Cc1cccc2ccccc12)Nc1ccccc1C(=O)NC1CC1. The van der Waals surface area contributed by atoms with Crippen molar-refractivity contribution in [2.75, 3.05) is 11.9 Å². The molecule has 0 saturated heterocycles. The number of benzene rings is 3. The molecule has 0 aromatic heterocycles. The third kappa shape index (κ3) is 4.84. The quantitative estimate of drug-likeness (QED) is 0.593. The Balaban J connectivity index is 1.34. The van der Waals surface area contributed by atoms with Gasteiger partial charge in [0.05, 0.1) is 17.7 Å². The third-order valence-electron chi connectivity index (χ3n) is 4.94. The predicted octanol–water partition coefficient (Wildman–Crippen LogP) is 3.46. The standard InChI is InChI=1S/C24H22N2O4/c27-22(26-21-11-4-3-10-20(21)24(29)25-18-12-13-18)15-30-23(28)14-17-8-5-7-16-6-1-2-9-19(16)17/h1-11,18H,12-15H2,(H,25,29)(H,26,27). The van der Waals surface area contributed by atoms with Crippen molar-refractivity contribution in [3.8, 4) is 0 Å². The number of fused-ring (bicyclic) bond motifs is 1. The molecule has 1 saturated carbocycles. The molecule has 2 amide bonds. The van der Waals surface area contributed by atoms with Gasteiger partial charge in [0, 0.05) is 6.04 Å². The number of ether oxygens (including phenoxy) is 1. The Hall–Kier alpha value is -3.67. The summed E-state index contributed by atoms with van der Waals surface area (Å²) in [6, 6.07) is 20.5. The van der Waals surface area contributed by atoms with Gasteiger partial charge in [-0.2, -0.15) is 0 Å². The van der Waals surface area contributed by atoms with Crippen LogP contribution in [0.3, 0.4) is 0 Å². The average molecular weight is 402 g/mol. The summed E-state index contributed by atoms with van der Waals surface area (Å²) < 4.78 is 5.15. The summed E-state index contributed by atoms with van der Waals surface area (Å²) in [4.78, 5) is 36.8. The molecule has 30 heavy (non-hydrogen) atoms. The number of hydrogen-bond donors (Lipinski definition) is 2. The zero-order valence-electron chi connectivity index (χ0n) is 16.4. The van der Waals surface area contributed by atoms with Crippen LogP contribution in [0.1, 0.15) is 28.8 Å². The van der Waals surface area contributed by atoms with Gasteiger partial charge in [0.2, 0.25) is 0 Å². The van der Waals surface area contributed by atoms with Crippen LogP contribution in [0.5, 0.6) is 0 Å². The maximum atomic E-state index is 12.3. The lowest BCUT2D eigenvalue weighted by Gasteiger charge is -2.11. The summed E-state index contributed by atoms with van der Waals surface area (Å²) in [5.41, 5.74) is 1.63. The number of rotatable bonds is 7. The molecule has 2 N–H and O–H groups in total. The Kier molecular flexibility index (Phi) is 5.75. The molecule has 0 heterocycles. The van der Waals surface area contributed by atoms with E-state index in [2.05, 4.69) is 10.6 Å². The van der Waals surface area contributed by atoms with E-state index in [1.807, 2.05) is 42.5 Å². The normalized spacial score (nSPS) is 12.9. The van der Waals surface area contributed by atoms with Crippen LogP contribution in [0.2, 0.25) is 0 Å². The van der Waals surface area contributed by atoms with Crippen LogP contribution in [-0.2, 0) is 20.7 Å². The number of anilines is 1. The van der Waals surface area contributed by atoms with Crippen molar-refractivity contribution in [1.29, 1.82) is 0 Å². The van der Waals surface area contributed by atoms with Crippen molar-refractivity contribution in [2.24, 2.45) is 0 Å². The Morgan fingerprint density at radius 1 is 0.900 bits per heavy atom. The minimum Gasteiger partial charge on any atom is -0.455 e. The Bertz CT molecular complexity index is 1100. The molecule has 6 heteroatoms. The fourth-order valence-corrected chi connectivity index (χ4v) is 3.27. The second kappa shape index (κ2) is 8.78.